The van der Waals surface area contributed by atoms with E-state index in [0.29, 0.717) is 0 Å². The summed E-state index contributed by atoms with van der Waals surface area (Å²) in [5.41, 5.74) is 0.0165. The fourth-order valence-corrected chi connectivity index (χ4v) is 6.10. The zero-order chi connectivity index (χ0) is 22.3. The Morgan fingerprint density at radius 3 is 2.00 bits per heavy atom. The van der Waals surface area contributed by atoms with E-state index in [4.69, 9.17) is 0 Å². The summed E-state index contributed by atoms with van der Waals surface area (Å²) in [7, 11) is 0. The monoisotopic (exact) mass is 566 g/mol. The largest absolute Gasteiger partial charge is 0.611 e. The van der Waals surface area contributed by atoms with Gasteiger partial charge >= 0.3 is 17.4 Å². The first-order valence-electron chi connectivity index (χ1n) is 7.52. The molecule has 0 N–H and O–H groups in total. The van der Waals surface area contributed by atoms with Crippen LogP contribution in [0.1, 0.15) is 11.1 Å². The molecule has 29 heavy (non-hydrogen) atoms. The third-order valence-corrected chi connectivity index (χ3v) is 6.65. The highest BCUT2D eigenvalue weighted by molar-refractivity contribution is 9.12. The molecule has 0 saturated carbocycles. The Labute approximate surface area is 180 Å². The predicted octanol–water partition coefficient (Wildman–Crippen LogP) is 6.15. The van der Waals surface area contributed by atoms with Gasteiger partial charge in [-0.15, -0.1) is 8.78 Å². The van der Waals surface area contributed by atoms with Gasteiger partial charge in [-0.2, -0.15) is 27.2 Å². The normalized spacial score (nSPS) is 18.5. The minimum Gasteiger partial charge on any atom is -0.611 e. The van der Waals surface area contributed by atoms with Crippen LogP contribution < -0.4 is 0 Å². The lowest BCUT2D eigenvalue weighted by Gasteiger charge is -2.39. The Balaban J connectivity index is 2.67. The lowest BCUT2D eigenvalue weighted by molar-refractivity contribution is -0.332. The molecule has 0 aliphatic heterocycles. The molecule has 0 aromatic heterocycles. The van der Waals surface area contributed by atoms with Gasteiger partial charge in [0.25, 0.3) is 0 Å². The predicted molar refractivity (Wildman–Crippen MR) is 100 cm³/mol. The summed E-state index contributed by atoms with van der Waals surface area (Å²) in [5, 5.41) is 3.21. The van der Waals surface area contributed by atoms with Gasteiger partial charge in [-0.1, -0.05) is 50.1 Å². The van der Waals surface area contributed by atoms with Crippen LogP contribution in [0.4, 0.5) is 30.7 Å². The summed E-state index contributed by atoms with van der Waals surface area (Å²) in [6, 6.07) is 7.25. The molecule has 157 valence electrons. The van der Waals surface area contributed by atoms with Gasteiger partial charge in [0.05, 0.1) is 11.6 Å². The third kappa shape index (κ3) is 4.52. The van der Waals surface area contributed by atoms with Crippen LogP contribution in [0.5, 0.6) is 0 Å². The molecule has 0 bridgehead atoms. The van der Waals surface area contributed by atoms with E-state index in [2.05, 4.69) is 31.9 Å². The number of nitrogens with zero attached hydrogens (tertiary/aromatic N) is 1. The summed E-state index contributed by atoms with van der Waals surface area (Å²) in [5.74, 6) is -6.55. The number of nitriles is 1. The summed E-state index contributed by atoms with van der Waals surface area (Å²) in [6.07, 6.45) is -4.28. The Kier molecular flexibility index (Phi) is 6.89. The lowest BCUT2D eigenvalue weighted by atomic mass is 9.92. The van der Waals surface area contributed by atoms with Gasteiger partial charge in [0.15, 0.2) is 4.75 Å². The van der Waals surface area contributed by atoms with Crippen LogP contribution in [-0.4, -0.2) is 26.7 Å². The van der Waals surface area contributed by atoms with E-state index in [1.54, 1.807) is 6.07 Å². The van der Waals surface area contributed by atoms with Crippen molar-refractivity contribution in [2.75, 3.05) is 0 Å². The van der Waals surface area contributed by atoms with Crippen LogP contribution in [0.15, 0.2) is 45.4 Å². The van der Waals surface area contributed by atoms with Crippen molar-refractivity contribution in [3.05, 3.63) is 62.9 Å². The minimum absolute atomic E-state index is 0.0285. The van der Waals surface area contributed by atoms with Crippen molar-refractivity contribution in [1.82, 2.24) is 0 Å². The van der Waals surface area contributed by atoms with E-state index in [0.717, 1.165) is 12.2 Å². The molecule has 1 atom stereocenters. The van der Waals surface area contributed by atoms with Crippen molar-refractivity contribution >= 4 is 43.0 Å². The quantitative estimate of drug-likeness (QED) is 0.316. The number of hydrogen-bond acceptors (Lipinski definition) is 2. The standard InChI is InChI=1S/C17H9Br2F7NOS/c18-12-5-13(19)8-14(7-12,6-10-3-1-2-4-11(10)9-27)29(28)17(25,26)15(20,21)16(22,23)24/h1-5,7-8H,6H2. The first-order chi connectivity index (χ1) is 13.2. The van der Waals surface area contributed by atoms with E-state index >= 15 is 0 Å². The molecule has 1 unspecified atom stereocenters. The molecular formula is C17H9Br2F7NOS. The Hall–Kier alpha value is -1.03. The average Bonchev–Trinajstić information content (AvgIpc) is 2.59. The highest BCUT2D eigenvalue weighted by Gasteiger charge is 2.81. The minimum atomic E-state index is -6.62. The topological polar surface area (TPSA) is 46.8 Å². The average molecular weight is 568 g/mol. The molecule has 12 heteroatoms. The number of halogens is 9. The Morgan fingerprint density at radius 1 is 1.00 bits per heavy atom. The fourth-order valence-electron chi connectivity index (χ4n) is 2.60. The Morgan fingerprint density at radius 2 is 1.52 bits per heavy atom. The van der Waals surface area contributed by atoms with Crippen molar-refractivity contribution in [3.8, 4) is 6.07 Å². The zero-order valence-corrected chi connectivity index (χ0v) is 17.9. The molecular weight excluding hydrogens is 559 g/mol. The first kappa shape index (κ1) is 24.2. The molecule has 1 aromatic carbocycles. The van der Waals surface area contributed by atoms with Crippen LogP contribution >= 0.6 is 31.9 Å². The summed E-state index contributed by atoms with van der Waals surface area (Å²) in [4.78, 5) is 0. The van der Waals surface area contributed by atoms with Crippen LogP contribution in [0, 0.1) is 17.8 Å². The second kappa shape index (κ2) is 8.24. The number of allylic oxidation sites excluding steroid dienone is 2. The van der Waals surface area contributed by atoms with Crippen LogP contribution in [0.2, 0.25) is 0 Å². The zero-order valence-electron chi connectivity index (χ0n) is 13.9. The van der Waals surface area contributed by atoms with Gasteiger partial charge in [0.1, 0.15) is 0 Å². The second-order valence-electron chi connectivity index (χ2n) is 5.96. The van der Waals surface area contributed by atoms with E-state index in [1.165, 1.54) is 30.7 Å². The lowest BCUT2D eigenvalue weighted by Crippen LogP contribution is -2.61. The van der Waals surface area contributed by atoms with Crippen molar-refractivity contribution in [2.24, 2.45) is 0 Å². The highest BCUT2D eigenvalue weighted by Crippen LogP contribution is 2.54. The number of alkyl halides is 7. The fraction of sp³-hybridized carbons (Fsp3) is 0.294. The van der Waals surface area contributed by atoms with Gasteiger partial charge in [0.2, 0.25) is 0 Å². The molecule has 1 aliphatic rings. The maximum Gasteiger partial charge on any atom is 0.482 e. The third-order valence-electron chi connectivity index (χ3n) is 3.94. The smallest absolute Gasteiger partial charge is 0.482 e. The van der Waals surface area contributed by atoms with E-state index in [-0.39, 0.29) is 20.1 Å². The molecule has 1 aromatic rings. The summed E-state index contributed by atoms with van der Waals surface area (Å²) in [6.45, 7) is 0. The number of hydrogen-bond donors (Lipinski definition) is 0. The molecule has 0 fully saturated rings. The molecule has 1 radical (unpaired) electrons. The van der Waals surface area contributed by atoms with E-state index < -0.39 is 39.7 Å². The Bertz CT molecular complexity index is 875. The van der Waals surface area contributed by atoms with Gasteiger partial charge < -0.3 is 4.55 Å². The number of rotatable bonds is 5. The molecule has 2 nitrogen and oxygen atoms in total. The highest BCUT2D eigenvalue weighted by atomic mass is 79.9. The molecule has 1 aliphatic carbocycles. The SMILES string of the molecule is N#Cc1ccccc1CC1([S+]([O-])C(F)(F)C(F)(F)C(F)(F)F)C=C(Br)[CH]C(Br)=C1. The molecule has 0 amide bonds. The van der Waals surface area contributed by atoms with Gasteiger partial charge in [-0.25, -0.2) is 0 Å². The maximum atomic E-state index is 14.3. The van der Waals surface area contributed by atoms with Crippen LogP contribution in [-0.2, 0) is 17.6 Å². The van der Waals surface area contributed by atoms with Crippen molar-refractivity contribution in [2.45, 2.75) is 28.5 Å². The summed E-state index contributed by atoms with van der Waals surface area (Å²) < 4.78 is 104. The van der Waals surface area contributed by atoms with Crippen LogP contribution in [0.25, 0.3) is 0 Å². The second-order valence-corrected chi connectivity index (χ2v) is 9.60. The van der Waals surface area contributed by atoms with Gasteiger partial charge in [-0.3, -0.25) is 0 Å². The van der Waals surface area contributed by atoms with Crippen LogP contribution in [0.3, 0.4) is 0 Å². The van der Waals surface area contributed by atoms with Gasteiger partial charge in [-0.05, 0) is 23.8 Å². The van der Waals surface area contributed by atoms with E-state index in [1.807, 2.05) is 0 Å². The van der Waals surface area contributed by atoms with E-state index in [9.17, 15) is 40.5 Å². The maximum absolute atomic E-state index is 14.3. The molecule has 2 rings (SSSR count). The summed E-state index contributed by atoms with van der Waals surface area (Å²) >= 11 is 1.83. The van der Waals surface area contributed by atoms with Crippen molar-refractivity contribution in [1.29, 1.82) is 5.26 Å². The van der Waals surface area contributed by atoms with Crippen molar-refractivity contribution < 1.29 is 35.3 Å². The molecule has 0 spiro atoms. The van der Waals surface area contributed by atoms with Gasteiger partial charge in [0, 0.05) is 33.0 Å². The van der Waals surface area contributed by atoms with Crippen molar-refractivity contribution in [3.63, 3.8) is 0 Å². The first-order valence-corrected chi connectivity index (χ1v) is 10.3. The molecule has 0 saturated heterocycles. The number of benzene rings is 1. The molecule has 0 heterocycles.